The van der Waals surface area contributed by atoms with Crippen molar-refractivity contribution in [2.24, 2.45) is 41.2 Å². The summed E-state index contributed by atoms with van der Waals surface area (Å²) in [6, 6.07) is 2.45. The number of hydrogen-bond acceptors (Lipinski definition) is 9. The number of rotatable bonds is 3. The van der Waals surface area contributed by atoms with Crippen LogP contribution in [0.15, 0.2) is 12.1 Å². The maximum atomic E-state index is 13.6. The number of esters is 1. The summed E-state index contributed by atoms with van der Waals surface area (Å²) in [4.78, 5) is 77.6. The molecule has 1 aromatic carbocycles. The number of hydrogen-bond donors (Lipinski definition) is 3. The minimum absolute atomic E-state index is 0.00926. The Kier molecular flexibility index (Phi) is 5.47. The van der Waals surface area contributed by atoms with Gasteiger partial charge in [0.1, 0.15) is 5.75 Å². The molecule has 3 aliphatic rings. The van der Waals surface area contributed by atoms with Gasteiger partial charge in [-0.05, 0) is 42.4 Å². The molecule has 3 aliphatic carbocycles. The summed E-state index contributed by atoms with van der Waals surface area (Å²) in [5, 5.41) is 21.9. The second-order valence-electron chi connectivity index (χ2n) is 9.63. The van der Waals surface area contributed by atoms with E-state index in [1.807, 2.05) is 0 Å². The lowest BCUT2D eigenvalue weighted by atomic mass is 9.49. The molecule has 0 heterocycles. The molecule has 34 heavy (non-hydrogen) atoms. The van der Waals surface area contributed by atoms with Gasteiger partial charge in [-0.15, -0.1) is 0 Å². The first-order chi connectivity index (χ1) is 15.9. The highest BCUT2D eigenvalue weighted by atomic mass is 16.5. The highest BCUT2D eigenvalue weighted by Crippen LogP contribution is 2.53. The van der Waals surface area contributed by atoms with Crippen molar-refractivity contribution in [1.82, 2.24) is 0 Å². The number of aromatic hydroxyl groups is 1. The summed E-state index contributed by atoms with van der Waals surface area (Å²) in [6.45, 7) is 3.34. The Labute approximate surface area is 194 Å². The van der Waals surface area contributed by atoms with Gasteiger partial charge in [0.25, 0.3) is 0 Å². The van der Waals surface area contributed by atoms with E-state index in [1.165, 1.54) is 13.2 Å². The van der Waals surface area contributed by atoms with Crippen molar-refractivity contribution in [2.75, 3.05) is 7.11 Å². The van der Waals surface area contributed by atoms with Crippen LogP contribution >= 0.6 is 0 Å². The van der Waals surface area contributed by atoms with E-state index in [-0.39, 0.29) is 29.5 Å². The number of Topliss-reactive ketones (excluding diaryl/α,β-unsaturated/α-hetero) is 4. The van der Waals surface area contributed by atoms with E-state index in [0.29, 0.717) is 0 Å². The highest BCUT2D eigenvalue weighted by molar-refractivity contribution is 6.32. The van der Waals surface area contributed by atoms with E-state index in [0.717, 1.165) is 6.07 Å². The molecule has 4 N–H and O–H groups in total. The zero-order valence-corrected chi connectivity index (χ0v) is 18.9. The number of methoxy groups -OCH3 is 1. The Morgan fingerprint density at radius 2 is 1.79 bits per heavy atom. The molecule has 4 rings (SSSR count). The standard InChI is InChI=1S/C24H25NO9/c1-8(2)14-12-7-9-6-11-10(23(32)34-3)4-5-13(26)16(11)19(28)15(9)20(29)24(12,33)21(30)17(18(14)27)22(25)31/h4-5,8-9,12,14-15,17,26,33H,6-7H2,1-3H3,(H2,25,31)/t9-,12-,14-,15?,17?,24-/m0/s1. The summed E-state index contributed by atoms with van der Waals surface area (Å²) in [5.41, 5.74) is 2.57. The van der Waals surface area contributed by atoms with Crippen molar-refractivity contribution in [1.29, 1.82) is 0 Å². The predicted octanol–water partition coefficient (Wildman–Crippen LogP) is -0.00440. The number of phenolic OH excluding ortho intramolecular Hbond substituents is 1. The normalized spacial score (nSPS) is 32.7. The van der Waals surface area contributed by atoms with Gasteiger partial charge in [0.05, 0.1) is 24.2 Å². The topological polar surface area (TPSA) is 178 Å². The lowest BCUT2D eigenvalue weighted by molar-refractivity contribution is -0.182. The number of ketones is 4. The van der Waals surface area contributed by atoms with Crippen LogP contribution in [0.25, 0.3) is 0 Å². The van der Waals surface area contributed by atoms with Gasteiger partial charge in [0.15, 0.2) is 34.7 Å². The van der Waals surface area contributed by atoms with Gasteiger partial charge in [0.2, 0.25) is 5.91 Å². The molecule has 0 bridgehead atoms. The zero-order chi connectivity index (χ0) is 25.3. The molecule has 0 spiro atoms. The lowest BCUT2D eigenvalue weighted by Gasteiger charge is -2.52. The number of fused-ring (bicyclic) bond motifs is 3. The van der Waals surface area contributed by atoms with E-state index < -0.39 is 81.9 Å². The third-order valence-electron chi connectivity index (χ3n) is 7.60. The predicted molar refractivity (Wildman–Crippen MR) is 114 cm³/mol. The fourth-order valence-corrected chi connectivity index (χ4v) is 6.16. The summed E-state index contributed by atoms with van der Waals surface area (Å²) in [7, 11) is 1.17. The number of phenols is 1. The Bertz CT molecular complexity index is 1170. The van der Waals surface area contributed by atoms with Crippen molar-refractivity contribution in [3.05, 3.63) is 28.8 Å². The molecule has 0 aromatic heterocycles. The van der Waals surface area contributed by atoms with Crippen molar-refractivity contribution in [2.45, 2.75) is 32.3 Å². The molecule has 2 unspecified atom stereocenters. The minimum atomic E-state index is -2.74. The fraction of sp³-hybridized carbons (Fsp3) is 0.500. The first-order valence-electron chi connectivity index (χ1n) is 11.0. The first kappa shape index (κ1) is 23.7. The molecule has 0 saturated heterocycles. The van der Waals surface area contributed by atoms with Gasteiger partial charge in [-0.2, -0.15) is 0 Å². The van der Waals surface area contributed by atoms with Crippen molar-refractivity contribution in [3.63, 3.8) is 0 Å². The van der Waals surface area contributed by atoms with E-state index in [1.54, 1.807) is 13.8 Å². The number of aliphatic hydroxyl groups is 1. The Hall–Kier alpha value is -3.40. The van der Waals surface area contributed by atoms with Crippen LogP contribution < -0.4 is 5.73 Å². The number of amides is 1. The van der Waals surface area contributed by atoms with Gasteiger partial charge in [-0.1, -0.05) is 13.8 Å². The van der Waals surface area contributed by atoms with Crippen LogP contribution in [0.1, 0.15) is 46.5 Å². The van der Waals surface area contributed by atoms with E-state index in [2.05, 4.69) is 0 Å². The molecule has 2 fully saturated rings. The Morgan fingerprint density at radius 3 is 2.35 bits per heavy atom. The fourth-order valence-electron chi connectivity index (χ4n) is 6.16. The number of carbonyl (C=O) groups excluding carboxylic acids is 6. The monoisotopic (exact) mass is 471 g/mol. The summed E-state index contributed by atoms with van der Waals surface area (Å²) in [5.74, 6) is -13.3. The summed E-state index contributed by atoms with van der Waals surface area (Å²) < 4.78 is 4.78. The minimum Gasteiger partial charge on any atom is -0.507 e. The molecule has 1 aromatic rings. The maximum absolute atomic E-state index is 13.6. The molecule has 1 amide bonds. The molecule has 10 nitrogen and oxygen atoms in total. The van der Waals surface area contributed by atoms with E-state index in [9.17, 15) is 39.0 Å². The zero-order valence-electron chi connectivity index (χ0n) is 18.9. The summed E-state index contributed by atoms with van der Waals surface area (Å²) in [6.07, 6.45) is -0.0461. The molecule has 180 valence electrons. The average molecular weight is 471 g/mol. The lowest BCUT2D eigenvalue weighted by Crippen LogP contribution is -2.71. The molecule has 10 heteroatoms. The van der Waals surface area contributed by atoms with E-state index in [4.69, 9.17) is 10.5 Å². The number of ether oxygens (including phenoxy) is 1. The van der Waals surface area contributed by atoms with Gasteiger partial charge in [-0.3, -0.25) is 24.0 Å². The second kappa shape index (κ2) is 7.83. The number of nitrogens with two attached hydrogens (primary N) is 1. The smallest absolute Gasteiger partial charge is 0.338 e. The van der Waals surface area contributed by atoms with Gasteiger partial charge in [0, 0.05) is 11.8 Å². The maximum Gasteiger partial charge on any atom is 0.338 e. The second-order valence-corrected chi connectivity index (χ2v) is 9.63. The van der Waals surface area contributed by atoms with Crippen LogP contribution in [0.5, 0.6) is 5.75 Å². The van der Waals surface area contributed by atoms with Crippen LogP contribution in [-0.2, 0) is 30.3 Å². The number of primary amides is 1. The first-order valence-corrected chi connectivity index (χ1v) is 11.0. The van der Waals surface area contributed by atoms with Crippen molar-refractivity contribution in [3.8, 4) is 5.75 Å². The van der Waals surface area contributed by atoms with Gasteiger partial charge >= 0.3 is 5.97 Å². The Morgan fingerprint density at radius 1 is 1.15 bits per heavy atom. The Balaban J connectivity index is 1.89. The van der Waals surface area contributed by atoms with Crippen LogP contribution in [0, 0.1) is 35.5 Å². The van der Waals surface area contributed by atoms with Gasteiger partial charge in [-0.25, -0.2) is 4.79 Å². The molecule has 6 atom stereocenters. The molecular formula is C24H25NO9. The largest absolute Gasteiger partial charge is 0.507 e. The molecule has 0 aliphatic heterocycles. The average Bonchev–Trinajstić information content (AvgIpc) is 2.75. The summed E-state index contributed by atoms with van der Waals surface area (Å²) >= 11 is 0. The van der Waals surface area contributed by atoms with Crippen molar-refractivity contribution >= 4 is 35.0 Å². The third-order valence-corrected chi connectivity index (χ3v) is 7.60. The molecule has 0 radical (unpaired) electrons. The number of benzene rings is 1. The third kappa shape index (κ3) is 2.97. The molecule has 2 saturated carbocycles. The van der Waals surface area contributed by atoms with Gasteiger partial charge < -0.3 is 20.7 Å². The SMILES string of the molecule is COC(=O)c1ccc(O)c2c1C[C@H]1C[C@H]3[C@H](C(C)C)C(=O)C(C(N)=O)C(=O)[C@@]3(O)C(=O)C1C2=O. The van der Waals surface area contributed by atoms with Crippen LogP contribution in [0.4, 0.5) is 0 Å². The van der Waals surface area contributed by atoms with E-state index >= 15 is 0 Å². The van der Waals surface area contributed by atoms with Crippen LogP contribution in [-0.4, -0.2) is 57.9 Å². The highest BCUT2D eigenvalue weighted by Gasteiger charge is 2.69. The van der Waals surface area contributed by atoms with Crippen molar-refractivity contribution < 1.29 is 43.7 Å². The number of carbonyl (C=O) groups is 6. The molecular weight excluding hydrogens is 446 g/mol. The van der Waals surface area contributed by atoms with Crippen LogP contribution in [0.2, 0.25) is 0 Å². The van der Waals surface area contributed by atoms with Crippen LogP contribution in [0.3, 0.4) is 0 Å². The quantitative estimate of drug-likeness (QED) is 0.404.